The van der Waals surface area contributed by atoms with Crippen molar-refractivity contribution in [1.29, 1.82) is 0 Å². The minimum absolute atomic E-state index is 0. The number of carbonyl (C=O) groups excluding carboxylic acids is 1. The van der Waals surface area contributed by atoms with Crippen LogP contribution in [0.3, 0.4) is 0 Å². The molecule has 9 heteroatoms. The number of guanidine groups is 1. The second-order valence-electron chi connectivity index (χ2n) is 6.30. The summed E-state index contributed by atoms with van der Waals surface area (Å²) in [6.07, 6.45) is 2.11. The zero-order valence-corrected chi connectivity index (χ0v) is 19.2. The molecule has 0 bridgehead atoms. The van der Waals surface area contributed by atoms with Crippen molar-refractivity contribution in [2.24, 2.45) is 4.99 Å². The van der Waals surface area contributed by atoms with Gasteiger partial charge in [0, 0.05) is 25.7 Å². The summed E-state index contributed by atoms with van der Waals surface area (Å²) in [5, 5.41) is 9.16. The van der Waals surface area contributed by atoms with Gasteiger partial charge in [-0.3, -0.25) is 9.79 Å². The van der Waals surface area contributed by atoms with E-state index in [4.69, 9.17) is 9.15 Å². The number of hydrogen-bond acceptors (Lipinski definition) is 4. The molecule has 0 aliphatic carbocycles. The van der Waals surface area contributed by atoms with E-state index < -0.39 is 0 Å². The van der Waals surface area contributed by atoms with E-state index in [-0.39, 0.29) is 41.8 Å². The molecule has 0 spiro atoms. The van der Waals surface area contributed by atoms with E-state index >= 15 is 0 Å². The SMILES string of the molecule is CN=C(NCCCNC(=O)c1occc1C)NCC(C)Oc1ccc(F)cc1.I. The van der Waals surface area contributed by atoms with E-state index in [0.29, 0.717) is 37.1 Å². The van der Waals surface area contributed by atoms with E-state index in [2.05, 4.69) is 20.9 Å². The molecule has 7 nitrogen and oxygen atoms in total. The smallest absolute Gasteiger partial charge is 0.287 e. The van der Waals surface area contributed by atoms with Crippen molar-refractivity contribution in [3.8, 4) is 5.75 Å². The van der Waals surface area contributed by atoms with Gasteiger partial charge in [0.25, 0.3) is 5.91 Å². The number of aryl methyl sites for hydroxylation is 1. The Bertz CT molecular complexity index is 780. The van der Waals surface area contributed by atoms with Crippen molar-refractivity contribution >= 4 is 35.8 Å². The van der Waals surface area contributed by atoms with Gasteiger partial charge in [0.2, 0.25) is 0 Å². The molecular formula is C20H28FIN4O3. The summed E-state index contributed by atoms with van der Waals surface area (Å²) < 4.78 is 23.8. The van der Waals surface area contributed by atoms with Crippen molar-refractivity contribution in [3.05, 3.63) is 53.7 Å². The predicted molar refractivity (Wildman–Crippen MR) is 122 cm³/mol. The van der Waals surface area contributed by atoms with Gasteiger partial charge in [-0.1, -0.05) is 0 Å². The Morgan fingerprint density at radius 2 is 1.86 bits per heavy atom. The average molecular weight is 518 g/mol. The van der Waals surface area contributed by atoms with Crippen LogP contribution in [0.1, 0.15) is 29.5 Å². The zero-order chi connectivity index (χ0) is 20.4. The van der Waals surface area contributed by atoms with E-state index in [1.807, 2.05) is 13.8 Å². The highest BCUT2D eigenvalue weighted by Gasteiger charge is 2.11. The Labute approximate surface area is 187 Å². The van der Waals surface area contributed by atoms with E-state index in [1.54, 1.807) is 25.2 Å². The van der Waals surface area contributed by atoms with Crippen molar-refractivity contribution in [2.75, 3.05) is 26.7 Å². The molecule has 0 aliphatic heterocycles. The van der Waals surface area contributed by atoms with E-state index in [9.17, 15) is 9.18 Å². The first-order valence-corrected chi connectivity index (χ1v) is 9.18. The Morgan fingerprint density at radius 3 is 2.48 bits per heavy atom. The van der Waals surface area contributed by atoms with Crippen molar-refractivity contribution in [2.45, 2.75) is 26.4 Å². The number of nitrogens with zero attached hydrogens (tertiary/aromatic N) is 1. The number of hydrogen-bond donors (Lipinski definition) is 3. The first-order chi connectivity index (χ1) is 13.5. The molecule has 1 aromatic carbocycles. The minimum Gasteiger partial charge on any atom is -0.489 e. The molecule has 0 aliphatic rings. The molecule has 0 fully saturated rings. The highest BCUT2D eigenvalue weighted by atomic mass is 127. The third kappa shape index (κ3) is 8.71. The van der Waals surface area contributed by atoms with Crippen LogP contribution in [0.15, 0.2) is 46.0 Å². The summed E-state index contributed by atoms with van der Waals surface area (Å²) in [4.78, 5) is 16.1. The number of halogens is 2. The Morgan fingerprint density at radius 1 is 1.17 bits per heavy atom. The van der Waals surface area contributed by atoms with E-state index in [1.165, 1.54) is 18.4 Å². The second kappa shape index (κ2) is 13.0. The largest absolute Gasteiger partial charge is 0.489 e. The molecule has 1 atom stereocenters. The maximum atomic E-state index is 12.9. The molecule has 2 rings (SSSR count). The van der Waals surface area contributed by atoms with Crippen LogP contribution < -0.4 is 20.7 Å². The number of ether oxygens (including phenoxy) is 1. The Hall–Kier alpha value is -2.30. The quantitative estimate of drug-likeness (QED) is 0.206. The maximum Gasteiger partial charge on any atom is 0.287 e. The number of benzene rings is 1. The van der Waals surface area contributed by atoms with Crippen LogP contribution >= 0.6 is 24.0 Å². The Balaban J connectivity index is 0.00000420. The van der Waals surface area contributed by atoms with Crippen LogP contribution in [0, 0.1) is 12.7 Å². The first kappa shape index (κ1) is 24.7. The number of rotatable bonds is 9. The zero-order valence-electron chi connectivity index (χ0n) is 16.8. The molecule has 0 saturated carbocycles. The van der Waals surface area contributed by atoms with Crippen LogP contribution in [0.2, 0.25) is 0 Å². The number of amides is 1. The lowest BCUT2D eigenvalue weighted by molar-refractivity contribution is 0.0925. The van der Waals surface area contributed by atoms with Gasteiger partial charge in [-0.15, -0.1) is 24.0 Å². The van der Waals surface area contributed by atoms with Gasteiger partial charge in [0.1, 0.15) is 17.7 Å². The highest BCUT2D eigenvalue weighted by molar-refractivity contribution is 14.0. The van der Waals surface area contributed by atoms with Crippen LogP contribution in [-0.2, 0) is 0 Å². The highest BCUT2D eigenvalue weighted by Crippen LogP contribution is 2.12. The van der Waals surface area contributed by atoms with Gasteiger partial charge in [0.05, 0.1) is 12.8 Å². The monoisotopic (exact) mass is 518 g/mol. The minimum atomic E-state index is -0.293. The normalized spacial score (nSPS) is 11.9. The lowest BCUT2D eigenvalue weighted by Gasteiger charge is -2.17. The van der Waals surface area contributed by atoms with Gasteiger partial charge < -0.3 is 25.1 Å². The molecule has 1 heterocycles. The topological polar surface area (TPSA) is 87.9 Å². The summed E-state index contributed by atoms with van der Waals surface area (Å²) in [7, 11) is 1.68. The van der Waals surface area contributed by atoms with Crippen molar-refractivity contribution in [1.82, 2.24) is 16.0 Å². The van der Waals surface area contributed by atoms with Crippen LogP contribution in [0.25, 0.3) is 0 Å². The molecule has 1 amide bonds. The molecule has 29 heavy (non-hydrogen) atoms. The molecule has 0 radical (unpaired) electrons. The van der Waals surface area contributed by atoms with Crippen LogP contribution in [0.4, 0.5) is 4.39 Å². The second-order valence-corrected chi connectivity index (χ2v) is 6.30. The lowest BCUT2D eigenvalue weighted by atomic mass is 10.2. The van der Waals surface area contributed by atoms with Gasteiger partial charge in [-0.25, -0.2) is 4.39 Å². The molecule has 1 unspecified atom stereocenters. The van der Waals surface area contributed by atoms with Crippen molar-refractivity contribution in [3.63, 3.8) is 0 Å². The fourth-order valence-electron chi connectivity index (χ4n) is 2.43. The fraction of sp³-hybridized carbons (Fsp3) is 0.400. The summed E-state index contributed by atoms with van der Waals surface area (Å²) in [5.74, 6) is 1.10. The lowest BCUT2D eigenvalue weighted by Crippen LogP contribution is -2.42. The molecule has 1 aromatic heterocycles. The number of nitrogens with one attached hydrogen (secondary N) is 3. The summed E-state index contributed by atoms with van der Waals surface area (Å²) in [6.45, 7) is 5.44. The Kier molecular flexibility index (Phi) is 11.1. The van der Waals surface area contributed by atoms with Gasteiger partial charge in [-0.05, 0) is 50.6 Å². The first-order valence-electron chi connectivity index (χ1n) is 9.18. The third-order valence-corrected chi connectivity index (χ3v) is 3.93. The third-order valence-electron chi connectivity index (χ3n) is 3.93. The van der Waals surface area contributed by atoms with Crippen LogP contribution in [-0.4, -0.2) is 44.7 Å². The predicted octanol–water partition coefficient (Wildman–Crippen LogP) is 3.10. The van der Waals surface area contributed by atoms with Crippen molar-refractivity contribution < 1.29 is 18.3 Å². The standard InChI is InChI=1S/C20H27FN4O3.HI/c1-14-9-12-27-18(14)19(26)23-10-4-11-24-20(22-3)25-13-15(2)28-17-7-5-16(21)6-8-17;/h5-9,12,15H,4,10-11,13H2,1-3H3,(H,23,26)(H2,22,24,25);1H. The van der Waals surface area contributed by atoms with Gasteiger partial charge in [0.15, 0.2) is 11.7 Å². The summed E-state index contributed by atoms with van der Waals surface area (Å²) >= 11 is 0. The molecule has 0 saturated heterocycles. The average Bonchev–Trinajstić information content (AvgIpc) is 3.11. The van der Waals surface area contributed by atoms with Gasteiger partial charge in [-0.2, -0.15) is 0 Å². The summed E-state index contributed by atoms with van der Waals surface area (Å²) in [6, 6.07) is 7.67. The summed E-state index contributed by atoms with van der Waals surface area (Å²) in [5.41, 5.74) is 0.817. The fourth-order valence-corrected chi connectivity index (χ4v) is 2.43. The molecular weight excluding hydrogens is 490 g/mol. The molecule has 2 aromatic rings. The molecule has 3 N–H and O–H groups in total. The maximum absolute atomic E-state index is 12.9. The van der Waals surface area contributed by atoms with Gasteiger partial charge >= 0.3 is 0 Å². The number of carbonyl (C=O) groups is 1. The van der Waals surface area contributed by atoms with Crippen LogP contribution in [0.5, 0.6) is 5.75 Å². The van der Waals surface area contributed by atoms with E-state index in [0.717, 1.165) is 12.0 Å². The number of furan rings is 1. The number of aliphatic imine (C=N–C) groups is 1. The molecule has 160 valence electrons.